The van der Waals surface area contributed by atoms with Crippen LogP contribution in [0.15, 0.2) is 30.3 Å². The Kier molecular flexibility index (Phi) is 6.10. The molecule has 3 N–H and O–H groups in total. The molecule has 1 saturated heterocycles. The van der Waals surface area contributed by atoms with Gasteiger partial charge in [0, 0.05) is 26.2 Å². The van der Waals surface area contributed by atoms with Gasteiger partial charge in [0.2, 0.25) is 0 Å². The molecule has 0 bridgehead atoms. The van der Waals surface area contributed by atoms with E-state index in [0.717, 1.165) is 32.8 Å². The number of hydrogen-bond donors (Lipinski definition) is 3. The largest absolute Gasteiger partial charge is 0.379 e. The number of carbonyl (C=O) groups excluding carboxylic acids is 2. The second-order valence-electron chi connectivity index (χ2n) is 6.57. The standard InChI is InChI=1S/C19H20ClN5O3S/c20-14-4-2-1-3-12(14)17(26)22-16-13-11-15(29-19(13)24-23-16)18(27)21-5-6-25-7-9-28-10-8-25/h1-4,11H,5-10H2,(H,21,27)(H2,22,23,24,26). The highest BCUT2D eigenvalue weighted by Gasteiger charge is 2.18. The summed E-state index contributed by atoms with van der Waals surface area (Å²) in [6.45, 7) is 4.60. The van der Waals surface area contributed by atoms with Crippen molar-refractivity contribution in [3.05, 3.63) is 45.8 Å². The molecule has 0 atom stereocenters. The molecular formula is C19H20ClN5O3S. The van der Waals surface area contributed by atoms with Crippen LogP contribution in [0.4, 0.5) is 5.82 Å². The summed E-state index contributed by atoms with van der Waals surface area (Å²) in [5.74, 6) is -0.0537. The lowest BCUT2D eigenvalue weighted by molar-refractivity contribution is 0.0383. The number of anilines is 1. The van der Waals surface area contributed by atoms with Crippen LogP contribution in [0.25, 0.3) is 10.2 Å². The monoisotopic (exact) mass is 433 g/mol. The first-order chi connectivity index (χ1) is 14.1. The maximum atomic E-state index is 12.5. The summed E-state index contributed by atoms with van der Waals surface area (Å²) in [6, 6.07) is 8.54. The quantitative estimate of drug-likeness (QED) is 0.555. The van der Waals surface area contributed by atoms with Gasteiger partial charge in [-0.3, -0.25) is 19.6 Å². The highest BCUT2D eigenvalue weighted by Crippen LogP contribution is 2.29. The normalized spacial score (nSPS) is 14.8. The molecule has 10 heteroatoms. The number of morpholine rings is 1. The Morgan fingerprint density at radius 3 is 2.83 bits per heavy atom. The molecule has 8 nitrogen and oxygen atoms in total. The van der Waals surface area contributed by atoms with Crippen molar-refractivity contribution in [3.63, 3.8) is 0 Å². The van der Waals surface area contributed by atoms with Crippen LogP contribution in [-0.4, -0.2) is 66.3 Å². The fourth-order valence-corrected chi connectivity index (χ4v) is 4.22. The summed E-state index contributed by atoms with van der Waals surface area (Å²) >= 11 is 7.35. The van der Waals surface area contributed by atoms with Gasteiger partial charge < -0.3 is 15.4 Å². The molecule has 0 radical (unpaired) electrons. The molecule has 1 fully saturated rings. The van der Waals surface area contributed by atoms with Crippen LogP contribution in [0, 0.1) is 0 Å². The van der Waals surface area contributed by atoms with E-state index in [2.05, 4.69) is 25.7 Å². The van der Waals surface area contributed by atoms with Crippen molar-refractivity contribution in [1.82, 2.24) is 20.4 Å². The van der Waals surface area contributed by atoms with Crippen molar-refractivity contribution in [3.8, 4) is 0 Å². The van der Waals surface area contributed by atoms with Crippen LogP contribution in [0.1, 0.15) is 20.0 Å². The molecule has 3 aromatic rings. The third-order valence-electron chi connectivity index (χ3n) is 4.65. The lowest BCUT2D eigenvalue weighted by Crippen LogP contribution is -2.41. The maximum absolute atomic E-state index is 12.5. The third kappa shape index (κ3) is 4.59. The number of nitrogens with zero attached hydrogens (tertiary/aromatic N) is 2. The van der Waals surface area contributed by atoms with Crippen molar-refractivity contribution in [2.75, 3.05) is 44.7 Å². The maximum Gasteiger partial charge on any atom is 0.261 e. The number of amides is 2. The van der Waals surface area contributed by atoms with E-state index in [0.29, 0.717) is 38.0 Å². The van der Waals surface area contributed by atoms with Gasteiger partial charge >= 0.3 is 0 Å². The molecule has 0 spiro atoms. The number of aromatic nitrogens is 2. The molecule has 29 heavy (non-hydrogen) atoms. The molecule has 2 amide bonds. The van der Waals surface area contributed by atoms with E-state index in [9.17, 15) is 9.59 Å². The Morgan fingerprint density at radius 2 is 2.03 bits per heavy atom. The summed E-state index contributed by atoms with van der Waals surface area (Å²) in [4.78, 5) is 28.4. The number of halogens is 1. The van der Waals surface area contributed by atoms with E-state index < -0.39 is 0 Å². The highest BCUT2D eigenvalue weighted by atomic mass is 35.5. The predicted octanol–water partition coefficient (Wildman–Crippen LogP) is 2.59. The van der Waals surface area contributed by atoms with Crippen LogP contribution in [0.3, 0.4) is 0 Å². The number of carbonyl (C=O) groups is 2. The van der Waals surface area contributed by atoms with Crippen LogP contribution >= 0.6 is 22.9 Å². The Hall–Kier alpha value is -2.46. The Balaban J connectivity index is 1.39. The van der Waals surface area contributed by atoms with Crippen molar-refractivity contribution in [1.29, 1.82) is 0 Å². The lowest BCUT2D eigenvalue weighted by Gasteiger charge is -2.26. The van der Waals surface area contributed by atoms with Gasteiger partial charge in [-0.05, 0) is 18.2 Å². The van der Waals surface area contributed by atoms with Crippen LogP contribution in [0.2, 0.25) is 5.02 Å². The molecule has 1 aliphatic rings. The zero-order valence-corrected chi connectivity index (χ0v) is 17.1. The Labute approximate surface area is 176 Å². The van der Waals surface area contributed by atoms with E-state index in [1.165, 1.54) is 11.3 Å². The van der Waals surface area contributed by atoms with Gasteiger partial charge in [-0.1, -0.05) is 23.7 Å². The molecule has 3 heterocycles. The first-order valence-corrected chi connectivity index (χ1v) is 10.4. The zero-order chi connectivity index (χ0) is 20.2. The van der Waals surface area contributed by atoms with Gasteiger partial charge in [-0.25, -0.2) is 0 Å². The fraction of sp³-hybridized carbons (Fsp3) is 0.316. The second kappa shape index (κ2) is 8.91. The van der Waals surface area contributed by atoms with Gasteiger partial charge in [-0.15, -0.1) is 11.3 Å². The van der Waals surface area contributed by atoms with Gasteiger partial charge in [-0.2, -0.15) is 5.10 Å². The minimum Gasteiger partial charge on any atom is -0.379 e. The summed E-state index contributed by atoms with van der Waals surface area (Å²) in [5, 5.41) is 13.8. The number of aromatic amines is 1. The first kappa shape index (κ1) is 19.8. The number of rotatable bonds is 6. The molecule has 1 aromatic carbocycles. The number of thiophene rings is 1. The molecular weight excluding hydrogens is 414 g/mol. The minimum absolute atomic E-state index is 0.148. The first-order valence-electron chi connectivity index (χ1n) is 9.24. The van der Waals surface area contributed by atoms with Crippen LogP contribution in [-0.2, 0) is 4.74 Å². The molecule has 2 aromatic heterocycles. The number of ether oxygens (including phenoxy) is 1. The van der Waals surface area contributed by atoms with E-state index in [1.807, 2.05) is 0 Å². The van der Waals surface area contributed by atoms with E-state index >= 15 is 0 Å². The minimum atomic E-state index is -0.344. The summed E-state index contributed by atoms with van der Waals surface area (Å²) in [6.07, 6.45) is 0. The van der Waals surface area contributed by atoms with Crippen molar-refractivity contribution in [2.45, 2.75) is 0 Å². The molecule has 152 valence electrons. The molecule has 1 aliphatic heterocycles. The zero-order valence-electron chi connectivity index (χ0n) is 15.5. The van der Waals surface area contributed by atoms with E-state index in [1.54, 1.807) is 30.3 Å². The van der Waals surface area contributed by atoms with Crippen LogP contribution in [0.5, 0.6) is 0 Å². The molecule has 0 saturated carbocycles. The van der Waals surface area contributed by atoms with Crippen molar-refractivity contribution < 1.29 is 14.3 Å². The average molecular weight is 434 g/mol. The summed E-state index contributed by atoms with van der Waals surface area (Å²) < 4.78 is 5.32. The smallest absolute Gasteiger partial charge is 0.261 e. The molecule has 0 aliphatic carbocycles. The van der Waals surface area contributed by atoms with Gasteiger partial charge in [0.1, 0.15) is 10.6 Å². The summed E-state index contributed by atoms with van der Waals surface area (Å²) in [5.41, 5.74) is 0.369. The Morgan fingerprint density at radius 1 is 1.24 bits per heavy atom. The summed E-state index contributed by atoms with van der Waals surface area (Å²) in [7, 11) is 0. The van der Waals surface area contributed by atoms with Crippen LogP contribution < -0.4 is 10.6 Å². The van der Waals surface area contributed by atoms with E-state index in [-0.39, 0.29) is 11.8 Å². The highest BCUT2D eigenvalue weighted by molar-refractivity contribution is 7.20. The van der Waals surface area contributed by atoms with E-state index in [4.69, 9.17) is 16.3 Å². The van der Waals surface area contributed by atoms with Gasteiger partial charge in [0.05, 0.1) is 34.1 Å². The number of benzene rings is 1. The fourth-order valence-electron chi connectivity index (χ4n) is 3.08. The van der Waals surface area contributed by atoms with Gasteiger partial charge in [0.15, 0.2) is 0 Å². The van der Waals surface area contributed by atoms with Gasteiger partial charge in [0.25, 0.3) is 11.8 Å². The number of fused-ring (bicyclic) bond motifs is 1. The average Bonchev–Trinajstić information content (AvgIpc) is 3.31. The number of H-pyrrole nitrogens is 1. The third-order valence-corrected chi connectivity index (χ3v) is 6.01. The van der Waals surface area contributed by atoms with Crippen molar-refractivity contribution >= 4 is 50.8 Å². The molecule has 4 rings (SSSR count). The lowest BCUT2D eigenvalue weighted by atomic mass is 10.2. The number of hydrogen-bond acceptors (Lipinski definition) is 6. The van der Waals surface area contributed by atoms with Crippen molar-refractivity contribution in [2.24, 2.45) is 0 Å². The molecule has 0 unspecified atom stereocenters. The topological polar surface area (TPSA) is 99.4 Å². The predicted molar refractivity (Wildman–Crippen MR) is 113 cm³/mol. The second-order valence-corrected chi connectivity index (χ2v) is 8.01. The SMILES string of the molecule is O=C(NCCN1CCOCC1)c1cc2c(NC(=O)c3ccccc3Cl)[nH]nc2s1. The Bertz CT molecular complexity index is 1030. The number of nitrogens with one attached hydrogen (secondary N) is 3.